The van der Waals surface area contributed by atoms with Crippen molar-refractivity contribution in [3.8, 4) is 0 Å². The van der Waals surface area contributed by atoms with Crippen molar-refractivity contribution in [2.24, 2.45) is 11.6 Å². The zero-order valence-corrected chi connectivity index (χ0v) is 25.0. The number of thioether (sulfide) groups is 1. The van der Waals surface area contributed by atoms with Crippen LogP contribution < -0.4 is 16.5 Å². The van der Waals surface area contributed by atoms with Gasteiger partial charge in [-0.3, -0.25) is 0 Å². The highest BCUT2D eigenvalue weighted by molar-refractivity contribution is 8.00. The number of hydrogen-bond acceptors (Lipinski definition) is 16. The Hall–Kier alpha value is -2.76. The molecule has 4 heterocycles. The van der Waals surface area contributed by atoms with Crippen LogP contribution >= 0.6 is 11.8 Å². The van der Waals surface area contributed by atoms with Gasteiger partial charge in [-0.05, 0) is 12.1 Å². The first-order valence-corrected chi connectivity index (χ1v) is 15.2. The van der Waals surface area contributed by atoms with E-state index in [1.54, 1.807) is 0 Å². The van der Waals surface area contributed by atoms with Gasteiger partial charge in [0.05, 0.1) is 38.3 Å². The highest BCUT2D eigenvalue weighted by atomic mass is 32.2. The molecule has 1 aromatic carbocycles. The number of rotatable bonds is 9. The number of morpholine rings is 1. The van der Waals surface area contributed by atoms with Gasteiger partial charge in [0.2, 0.25) is 0 Å². The molecular formula is C26H36F3N7O9S. The second-order valence-corrected chi connectivity index (χ2v) is 12.2. The smallest absolute Gasteiger partial charge is 0.194 e. The van der Waals surface area contributed by atoms with Crippen molar-refractivity contribution in [3.63, 3.8) is 0 Å². The van der Waals surface area contributed by atoms with E-state index < -0.39 is 90.2 Å². The van der Waals surface area contributed by atoms with Crippen molar-refractivity contribution in [2.75, 3.05) is 44.4 Å². The maximum atomic E-state index is 13.8. The van der Waals surface area contributed by atoms with Crippen LogP contribution in [-0.4, -0.2) is 144 Å². The number of anilines is 1. The van der Waals surface area contributed by atoms with Crippen LogP contribution in [0.25, 0.3) is 5.70 Å². The third-order valence-corrected chi connectivity index (χ3v) is 9.37. The zero-order chi connectivity index (χ0) is 33.3. The average molecular weight is 680 g/mol. The molecule has 0 aliphatic carbocycles. The number of halogens is 3. The second-order valence-electron chi connectivity index (χ2n) is 11.0. The van der Waals surface area contributed by atoms with E-state index in [0.29, 0.717) is 44.3 Å². The summed E-state index contributed by atoms with van der Waals surface area (Å²) in [6.45, 7) is 0.707. The number of aliphatic hydroxyl groups is 6. The van der Waals surface area contributed by atoms with Crippen LogP contribution in [-0.2, 0) is 14.2 Å². The third kappa shape index (κ3) is 6.92. The lowest BCUT2D eigenvalue weighted by atomic mass is 9.96. The van der Waals surface area contributed by atoms with E-state index in [9.17, 15) is 43.8 Å². The van der Waals surface area contributed by atoms with Crippen LogP contribution in [0.3, 0.4) is 0 Å². The Bertz CT molecular complexity index is 1350. The summed E-state index contributed by atoms with van der Waals surface area (Å²) in [5, 5.41) is 73.3. The Balaban J connectivity index is 1.36. The van der Waals surface area contributed by atoms with Crippen LogP contribution in [0.5, 0.6) is 0 Å². The van der Waals surface area contributed by atoms with Gasteiger partial charge in [0, 0.05) is 24.9 Å². The molecule has 256 valence electrons. The molecule has 3 fully saturated rings. The van der Waals surface area contributed by atoms with Crippen LogP contribution in [0.4, 0.5) is 19.0 Å². The number of nitrogens with zero attached hydrogens (tertiary/aromatic N) is 5. The van der Waals surface area contributed by atoms with Crippen LogP contribution in [0.15, 0.2) is 24.5 Å². The Morgan fingerprint density at radius 2 is 1.54 bits per heavy atom. The van der Waals surface area contributed by atoms with E-state index in [1.807, 2.05) is 4.90 Å². The zero-order valence-electron chi connectivity index (χ0n) is 24.2. The van der Waals surface area contributed by atoms with Crippen molar-refractivity contribution in [3.05, 3.63) is 47.5 Å². The normalized spacial score (nSPS) is 34.1. The number of benzene rings is 1. The maximum absolute atomic E-state index is 13.8. The minimum Gasteiger partial charge on any atom is -0.397 e. The fourth-order valence-corrected chi connectivity index (χ4v) is 6.87. The van der Waals surface area contributed by atoms with Gasteiger partial charge in [-0.15, -0.1) is 5.10 Å². The molecule has 16 nitrogen and oxygen atoms in total. The largest absolute Gasteiger partial charge is 0.397 e. The molecule has 10 N–H and O–H groups in total. The molecule has 3 aliphatic rings. The first kappa shape index (κ1) is 34.6. The predicted molar refractivity (Wildman–Crippen MR) is 153 cm³/mol. The van der Waals surface area contributed by atoms with E-state index in [1.165, 1.54) is 10.9 Å². The van der Waals surface area contributed by atoms with E-state index in [0.717, 1.165) is 23.0 Å². The van der Waals surface area contributed by atoms with E-state index >= 15 is 0 Å². The number of ether oxygens (including phenoxy) is 3. The number of hydrogen-bond donors (Lipinski definition) is 8. The standard InChI is InChI=1S/C26H36F3N7O9S/c27-12-5-11(6-13(28)18(12)29)14(30)7-35(31)19-21(39)15(9-37)44-25(23(19)41)46-26-24(42)20(22(40)16(10-38)45-26)36-8-17(32-33-36)34-1-3-43-4-2-34/h5-8,15-16,19-26,37-42H,1-4,9-10,30-31H2/b14-7-. The molecular weight excluding hydrogens is 643 g/mol. The molecule has 3 saturated heterocycles. The number of aromatic nitrogens is 3. The molecule has 1 aromatic heterocycles. The molecule has 0 bridgehead atoms. The lowest BCUT2D eigenvalue weighted by Gasteiger charge is -2.47. The number of hydrazine groups is 1. The summed E-state index contributed by atoms with van der Waals surface area (Å²) in [6.07, 6.45) is -6.29. The SMILES string of the molecule is N/C(=C\N(N)C1C(O)C(CO)OC(SC2OC(CO)C(O)C(n3cc(N4CCOCC4)nn3)C2O)C1O)c1cc(F)c(F)c(F)c1. The summed E-state index contributed by atoms with van der Waals surface area (Å²) in [5.41, 5.74) is 2.68. The molecule has 0 amide bonds. The topological polar surface area (TPSA) is 238 Å². The summed E-state index contributed by atoms with van der Waals surface area (Å²) < 4.78 is 59.0. The van der Waals surface area contributed by atoms with Gasteiger partial charge in [0.15, 0.2) is 23.3 Å². The number of aliphatic hydroxyl groups excluding tert-OH is 6. The van der Waals surface area contributed by atoms with Gasteiger partial charge in [-0.2, -0.15) is 0 Å². The lowest BCUT2D eigenvalue weighted by Crippen LogP contribution is -2.65. The minimum absolute atomic E-state index is 0.282. The second kappa shape index (κ2) is 14.6. The number of nitrogens with two attached hydrogens (primary N) is 2. The van der Waals surface area contributed by atoms with Crippen molar-refractivity contribution >= 4 is 23.3 Å². The molecule has 3 aliphatic heterocycles. The fraction of sp³-hybridized carbons (Fsp3) is 0.615. The van der Waals surface area contributed by atoms with Gasteiger partial charge in [0.25, 0.3) is 0 Å². The van der Waals surface area contributed by atoms with E-state index in [4.69, 9.17) is 25.8 Å². The molecule has 10 unspecified atom stereocenters. The van der Waals surface area contributed by atoms with E-state index in [-0.39, 0.29) is 11.3 Å². The molecule has 10 atom stereocenters. The molecule has 0 radical (unpaired) electrons. The average Bonchev–Trinajstić information content (AvgIpc) is 3.52. The van der Waals surface area contributed by atoms with Crippen molar-refractivity contribution in [1.29, 1.82) is 0 Å². The van der Waals surface area contributed by atoms with Gasteiger partial charge >= 0.3 is 0 Å². The summed E-state index contributed by atoms with van der Waals surface area (Å²) in [5.74, 6) is 1.88. The quantitative estimate of drug-likeness (QED) is 0.0758. The summed E-state index contributed by atoms with van der Waals surface area (Å²) in [6, 6.07) is -1.34. The predicted octanol–water partition coefficient (Wildman–Crippen LogP) is -2.81. The first-order valence-electron chi connectivity index (χ1n) is 14.2. The monoisotopic (exact) mass is 679 g/mol. The lowest BCUT2D eigenvalue weighted by molar-refractivity contribution is -0.191. The summed E-state index contributed by atoms with van der Waals surface area (Å²) in [4.78, 5) is 1.91. The van der Waals surface area contributed by atoms with Crippen LogP contribution in [0.2, 0.25) is 0 Å². The van der Waals surface area contributed by atoms with Gasteiger partial charge in [-0.25, -0.2) is 23.7 Å². The molecule has 20 heteroatoms. The van der Waals surface area contributed by atoms with Crippen LogP contribution in [0.1, 0.15) is 11.6 Å². The minimum atomic E-state index is -1.70. The summed E-state index contributed by atoms with van der Waals surface area (Å²) >= 11 is 0.723. The highest BCUT2D eigenvalue weighted by Crippen LogP contribution is 2.40. The Morgan fingerprint density at radius 3 is 2.15 bits per heavy atom. The van der Waals surface area contributed by atoms with Crippen molar-refractivity contribution in [2.45, 2.75) is 59.6 Å². The van der Waals surface area contributed by atoms with Crippen molar-refractivity contribution in [1.82, 2.24) is 20.0 Å². The van der Waals surface area contributed by atoms with Gasteiger partial charge in [-0.1, -0.05) is 17.0 Å². The molecule has 0 spiro atoms. The van der Waals surface area contributed by atoms with Gasteiger partial charge < -0.3 is 60.5 Å². The molecule has 0 saturated carbocycles. The fourth-order valence-electron chi connectivity index (χ4n) is 5.55. The first-order chi connectivity index (χ1) is 21.9. The Labute approximate surface area is 264 Å². The maximum Gasteiger partial charge on any atom is 0.194 e. The molecule has 5 rings (SSSR count). The molecule has 46 heavy (non-hydrogen) atoms. The van der Waals surface area contributed by atoms with Gasteiger partial charge in [0.1, 0.15) is 59.6 Å². The highest BCUT2D eigenvalue weighted by Gasteiger charge is 2.51. The van der Waals surface area contributed by atoms with Crippen molar-refractivity contribution < 1.29 is 58.0 Å². The summed E-state index contributed by atoms with van der Waals surface area (Å²) in [7, 11) is 0. The molecule has 2 aromatic rings. The third-order valence-electron chi connectivity index (χ3n) is 8.05. The Morgan fingerprint density at radius 1 is 0.957 bits per heavy atom. The van der Waals surface area contributed by atoms with Crippen LogP contribution in [0, 0.1) is 17.5 Å². The Kier molecular flexibility index (Phi) is 10.9. The van der Waals surface area contributed by atoms with E-state index in [2.05, 4.69) is 10.3 Å².